The first-order chi connectivity index (χ1) is 7.45. The Hall–Kier alpha value is -1.17. The Balaban J connectivity index is 3.39. The van der Waals surface area contributed by atoms with E-state index in [1.807, 2.05) is 6.07 Å². The molecule has 0 aromatic carbocycles. The number of hydrogen-bond acceptors (Lipinski definition) is 5. The van der Waals surface area contributed by atoms with Gasteiger partial charge in [0.25, 0.3) is 0 Å². The van der Waals surface area contributed by atoms with E-state index in [4.69, 9.17) is 5.26 Å². The number of nitrogens with one attached hydrogen (secondary N) is 3. The van der Waals surface area contributed by atoms with Crippen LogP contribution < -0.4 is 15.4 Å². The molecule has 3 N–H and O–H groups in total. The summed E-state index contributed by atoms with van der Waals surface area (Å²) in [6, 6.07) is 1.90. The molecule has 92 valence electrons. The Morgan fingerprint density at radius 2 is 2.00 bits per heavy atom. The molecule has 16 heavy (non-hydrogen) atoms. The molecule has 0 saturated carbocycles. The van der Waals surface area contributed by atoms with Crippen molar-refractivity contribution < 1.29 is 13.2 Å². The van der Waals surface area contributed by atoms with Gasteiger partial charge in [-0.05, 0) is 0 Å². The summed E-state index contributed by atoms with van der Waals surface area (Å²) in [5.74, 6) is -0.213. The summed E-state index contributed by atoms with van der Waals surface area (Å²) in [4.78, 5) is 11.1. The molecule has 0 spiro atoms. The second-order valence-corrected chi connectivity index (χ2v) is 4.93. The van der Waals surface area contributed by atoms with Gasteiger partial charge in [-0.3, -0.25) is 4.79 Å². The average molecular weight is 248 g/mol. The molecule has 0 rings (SSSR count). The summed E-state index contributed by atoms with van der Waals surface area (Å²) in [5, 5.41) is 13.5. The minimum Gasteiger partial charge on any atom is -0.354 e. The van der Waals surface area contributed by atoms with Crippen LogP contribution in [0.4, 0.5) is 0 Å². The van der Waals surface area contributed by atoms with Gasteiger partial charge in [0.15, 0.2) is 0 Å². The van der Waals surface area contributed by atoms with Crippen LogP contribution in [0.15, 0.2) is 0 Å². The number of carbonyl (C=O) groups is 1. The molecular weight excluding hydrogens is 232 g/mol. The van der Waals surface area contributed by atoms with Crippen molar-refractivity contribution in [3.63, 3.8) is 0 Å². The van der Waals surface area contributed by atoms with E-state index < -0.39 is 10.0 Å². The first-order valence-electron chi connectivity index (χ1n) is 4.74. The Morgan fingerprint density at radius 1 is 1.31 bits per heavy atom. The molecule has 8 heteroatoms. The minimum atomic E-state index is -3.17. The quantitative estimate of drug-likeness (QED) is 0.437. The smallest absolute Gasteiger partial charge is 0.233 e. The van der Waals surface area contributed by atoms with Crippen LogP contribution in [0.3, 0.4) is 0 Å². The summed E-state index contributed by atoms with van der Waals surface area (Å²) >= 11 is 0. The van der Waals surface area contributed by atoms with Crippen molar-refractivity contribution in [1.82, 2.24) is 15.4 Å². The lowest BCUT2D eigenvalue weighted by atomic mass is 10.4. The number of carbonyl (C=O) groups excluding carboxylic acids is 1. The third-order valence-corrected chi connectivity index (χ3v) is 2.24. The molecule has 7 nitrogen and oxygen atoms in total. The molecule has 1 amide bonds. The summed E-state index contributed by atoms with van der Waals surface area (Å²) in [7, 11) is -3.17. The van der Waals surface area contributed by atoms with Crippen molar-refractivity contribution in [3.8, 4) is 6.07 Å². The highest BCUT2D eigenvalue weighted by molar-refractivity contribution is 7.88. The Morgan fingerprint density at radius 3 is 2.56 bits per heavy atom. The van der Waals surface area contributed by atoms with E-state index in [0.29, 0.717) is 13.1 Å². The molecule has 0 aromatic heterocycles. The lowest BCUT2D eigenvalue weighted by Crippen LogP contribution is -2.38. The summed E-state index contributed by atoms with van der Waals surface area (Å²) in [6.07, 6.45) is 1.35. The first kappa shape index (κ1) is 14.8. The standard InChI is InChI=1S/C8H16N4O3S/c1-16(14,15)12-6-5-10-7-8(13)11-4-2-3-9/h10,12H,2,4-7H2,1H3,(H,11,13). The molecular formula is C8H16N4O3S. The second-order valence-electron chi connectivity index (χ2n) is 3.10. The molecule has 0 aliphatic heterocycles. The monoisotopic (exact) mass is 248 g/mol. The zero-order valence-electron chi connectivity index (χ0n) is 9.12. The highest BCUT2D eigenvalue weighted by Gasteiger charge is 2.01. The fraction of sp³-hybridized carbons (Fsp3) is 0.750. The summed E-state index contributed by atoms with van der Waals surface area (Å²) in [6.45, 7) is 1.05. The molecule has 0 saturated heterocycles. The van der Waals surface area contributed by atoms with Crippen LogP contribution in [0.1, 0.15) is 6.42 Å². The minimum absolute atomic E-state index is 0.108. The van der Waals surface area contributed by atoms with Gasteiger partial charge in [-0.25, -0.2) is 13.1 Å². The predicted molar refractivity (Wildman–Crippen MR) is 59.0 cm³/mol. The van der Waals surface area contributed by atoms with Crippen molar-refractivity contribution >= 4 is 15.9 Å². The Labute approximate surface area is 95.3 Å². The van der Waals surface area contributed by atoms with E-state index in [2.05, 4.69) is 15.4 Å². The first-order valence-corrected chi connectivity index (χ1v) is 6.64. The number of sulfonamides is 1. The van der Waals surface area contributed by atoms with Gasteiger partial charge in [0.05, 0.1) is 25.3 Å². The van der Waals surface area contributed by atoms with Crippen LogP contribution in [0.25, 0.3) is 0 Å². The normalized spacial score (nSPS) is 10.8. The molecule has 0 fully saturated rings. The lowest BCUT2D eigenvalue weighted by molar-refractivity contribution is -0.120. The second kappa shape index (κ2) is 8.04. The van der Waals surface area contributed by atoms with Gasteiger partial charge in [-0.1, -0.05) is 0 Å². The van der Waals surface area contributed by atoms with E-state index in [-0.39, 0.29) is 25.4 Å². The Bertz CT molecular complexity index is 347. The zero-order chi connectivity index (χ0) is 12.4. The van der Waals surface area contributed by atoms with Crippen LogP contribution in [0.2, 0.25) is 0 Å². The maximum Gasteiger partial charge on any atom is 0.233 e. The van der Waals surface area contributed by atoms with Crippen molar-refractivity contribution in [3.05, 3.63) is 0 Å². The molecule has 0 bridgehead atoms. The van der Waals surface area contributed by atoms with Crippen molar-refractivity contribution in [2.45, 2.75) is 6.42 Å². The van der Waals surface area contributed by atoms with Gasteiger partial charge in [-0.15, -0.1) is 0 Å². The van der Waals surface area contributed by atoms with Gasteiger partial charge in [0.2, 0.25) is 15.9 Å². The highest BCUT2D eigenvalue weighted by atomic mass is 32.2. The number of nitrogens with zero attached hydrogens (tertiary/aromatic N) is 1. The highest BCUT2D eigenvalue weighted by Crippen LogP contribution is 1.73. The Kier molecular flexibility index (Phi) is 7.45. The van der Waals surface area contributed by atoms with Crippen molar-refractivity contribution in [1.29, 1.82) is 5.26 Å². The number of nitriles is 1. The zero-order valence-corrected chi connectivity index (χ0v) is 9.93. The number of hydrogen-bond donors (Lipinski definition) is 3. The maximum atomic E-state index is 11.1. The van der Waals surface area contributed by atoms with Gasteiger partial charge in [-0.2, -0.15) is 5.26 Å². The van der Waals surface area contributed by atoms with E-state index >= 15 is 0 Å². The van der Waals surface area contributed by atoms with E-state index in [1.54, 1.807) is 0 Å². The SMILES string of the molecule is CS(=O)(=O)NCCNCC(=O)NCCC#N. The number of amides is 1. The third kappa shape index (κ3) is 10.9. The molecule has 0 aliphatic rings. The van der Waals surface area contributed by atoms with Crippen LogP contribution in [0, 0.1) is 11.3 Å². The third-order valence-electron chi connectivity index (χ3n) is 1.51. The van der Waals surface area contributed by atoms with Gasteiger partial charge < -0.3 is 10.6 Å². The van der Waals surface area contributed by atoms with E-state index in [9.17, 15) is 13.2 Å². The molecule has 0 atom stereocenters. The lowest BCUT2D eigenvalue weighted by Gasteiger charge is -2.05. The molecule has 0 unspecified atom stereocenters. The fourth-order valence-corrected chi connectivity index (χ4v) is 1.32. The fourth-order valence-electron chi connectivity index (χ4n) is 0.847. The van der Waals surface area contributed by atoms with Crippen molar-refractivity contribution in [2.24, 2.45) is 0 Å². The molecule has 0 heterocycles. The number of rotatable bonds is 8. The topological polar surface area (TPSA) is 111 Å². The van der Waals surface area contributed by atoms with Crippen LogP contribution in [-0.4, -0.2) is 46.8 Å². The van der Waals surface area contributed by atoms with E-state index in [0.717, 1.165) is 6.26 Å². The molecule has 0 radical (unpaired) electrons. The van der Waals surface area contributed by atoms with E-state index in [1.165, 1.54) is 0 Å². The van der Waals surface area contributed by atoms with Crippen LogP contribution in [-0.2, 0) is 14.8 Å². The predicted octanol–water partition coefficient (Wildman–Crippen LogP) is -1.84. The van der Waals surface area contributed by atoms with Crippen LogP contribution >= 0.6 is 0 Å². The molecule has 0 aliphatic carbocycles. The largest absolute Gasteiger partial charge is 0.354 e. The average Bonchev–Trinajstić information content (AvgIpc) is 2.16. The van der Waals surface area contributed by atoms with Crippen molar-refractivity contribution in [2.75, 3.05) is 32.4 Å². The van der Waals surface area contributed by atoms with Gasteiger partial charge in [0, 0.05) is 19.6 Å². The summed E-state index contributed by atoms with van der Waals surface area (Å²) in [5.41, 5.74) is 0. The maximum absolute atomic E-state index is 11.1. The molecule has 0 aromatic rings. The van der Waals surface area contributed by atoms with Crippen LogP contribution in [0.5, 0.6) is 0 Å². The summed E-state index contributed by atoms with van der Waals surface area (Å²) < 4.78 is 23.6. The van der Waals surface area contributed by atoms with Gasteiger partial charge >= 0.3 is 0 Å². The van der Waals surface area contributed by atoms with Gasteiger partial charge in [0.1, 0.15) is 0 Å².